The van der Waals surface area contributed by atoms with Crippen LogP contribution in [0.15, 0.2) is 95.9 Å². The van der Waals surface area contributed by atoms with Gasteiger partial charge in [0.1, 0.15) is 6.04 Å². The Labute approximate surface area is 209 Å². The number of nitrogen functional groups attached to an aromatic ring is 1. The van der Waals surface area contributed by atoms with Crippen molar-refractivity contribution in [3.63, 3.8) is 0 Å². The molecule has 1 heterocycles. The Morgan fingerprint density at radius 1 is 0.886 bits per heavy atom. The third-order valence-electron chi connectivity index (χ3n) is 5.95. The SMILES string of the molecule is Nc1ccccc1-c1ccccc1.O=C(O)[C@@H]1CCCN1S(=O)(=O)c1cccc2c(Cl)cccc12. The Morgan fingerprint density at radius 2 is 1.54 bits per heavy atom. The van der Waals surface area contributed by atoms with Crippen LogP contribution in [0.2, 0.25) is 5.02 Å². The highest BCUT2D eigenvalue weighted by Gasteiger charge is 2.40. The van der Waals surface area contributed by atoms with Crippen LogP contribution in [0.25, 0.3) is 21.9 Å². The van der Waals surface area contributed by atoms with E-state index in [0.717, 1.165) is 15.6 Å². The molecule has 0 aromatic heterocycles. The number of benzene rings is 4. The molecule has 0 spiro atoms. The molecule has 5 rings (SSSR count). The van der Waals surface area contributed by atoms with Crippen molar-refractivity contribution >= 4 is 44.1 Å². The number of fused-ring (bicyclic) bond motifs is 1. The minimum Gasteiger partial charge on any atom is -0.480 e. The summed E-state index contributed by atoms with van der Waals surface area (Å²) < 4.78 is 26.9. The van der Waals surface area contributed by atoms with Crippen LogP contribution in [0.4, 0.5) is 5.69 Å². The highest BCUT2D eigenvalue weighted by Crippen LogP contribution is 2.33. The number of rotatable bonds is 4. The summed E-state index contributed by atoms with van der Waals surface area (Å²) in [6.45, 7) is 0.219. The Balaban J connectivity index is 0.000000189. The van der Waals surface area contributed by atoms with E-state index in [-0.39, 0.29) is 11.4 Å². The van der Waals surface area contributed by atoms with Gasteiger partial charge in [0.05, 0.1) is 4.90 Å². The molecular formula is C27H25ClN2O4S. The molecule has 0 amide bonds. The van der Waals surface area contributed by atoms with E-state index in [2.05, 4.69) is 12.1 Å². The van der Waals surface area contributed by atoms with Gasteiger partial charge in [-0.2, -0.15) is 4.31 Å². The zero-order chi connectivity index (χ0) is 25.0. The number of nitrogens with two attached hydrogens (primary N) is 1. The van der Waals surface area contributed by atoms with Crippen molar-refractivity contribution in [1.29, 1.82) is 0 Å². The predicted molar refractivity (Wildman–Crippen MR) is 140 cm³/mol. The number of aliphatic carboxylic acids is 1. The number of carboxylic acids is 1. The lowest BCUT2D eigenvalue weighted by atomic mass is 10.0. The molecule has 1 saturated heterocycles. The lowest BCUT2D eigenvalue weighted by molar-refractivity contribution is -0.140. The van der Waals surface area contributed by atoms with Crippen molar-refractivity contribution in [3.8, 4) is 11.1 Å². The zero-order valence-corrected chi connectivity index (χ0v) is 20.4. The fraction of sp³-hybridized carbons (Fsp3) is 0.148. The standard InChI is InChI=1S/C15H14ClNO4S.C12H11N/c16-12-6-1-5-11-10(12)4-2-8-14(11)22(20,21)17-9-3-7-13(17)15(18)19;13-12-9-5-4-8-11(12)10-6-2-1-3-7-10/h1-2,4-6,8,13H,3,7,9H2,(H,18,19);1-9H,13H2/t13-;/m0./s1. The third kappa shape index (κ3) is 5.17. The molecule has 0 unspecified atom stereocenters. The normalized spacial score (nSPS) is 16.0. The van der Waals surface area contributed by atoms with Gasteiger partial charge < -0.3 is 10.8 Å². The van der Waals surface area contributed by atoms with Gasteiger partial charge in [-0.25, -0.2) is 8.42 Å². The maximum absolute atomic E-state index is 12.9. The van der Waals surface area contributed by atoms with E-state index in [1.807, 2.05) is 42.5 Å². The predicted octanol–water partition coefficient (Wildman–Crippen LogP) is 5.67. The van der Waals surface area contributed by atoms with Gasteiger partial charge in [0.2, 0.25) is 10.0 Å². The van der Waals surface area contributed by atoms with Gasteiger partial charge >= 0.3 is 5.97 Å². The van der Waals surface area contributed by atoms with Crippen LogP contribution in [0.1, 0.15) is 12.8 Å². The molecule has 8 heteroatoms. The van der Waals surface area contributed by atoms with Gasteiger partial charge in [0, 0.05) is 33.6 Å². The molecule has 180 valence electrons. The van der Waals surface area contributed by atoms with Crippen LogP contribution < -0.4 is 5.73 Å². The molecule has 0 saturated carbocycles. The van der Waals surface area contributed by atoms with Crippen molar-refractivity contribution in [2.24, 2.45) is 0 Å². The molecule has 4 aromatic carbocycles. The Kier molecular flexibility index (Phi) is 7.40. The lowest BCUT2D eigenvalue weighted by Crippen LogP contribution is -2.40. The second-order valence-electron chi connectivity index (χ2n) is 8.16. The first-order valence-electron chi connectivity index (χ1n) is 11.1. The summed E-state index contributed by atoms with van der Waals surface area (Å²) in [7, 11) is -3.88. The second-order valence-corrected chi connectivity index (χ2v) is 10.4. The van der Waals surface area contributed by atoms with E-state index in [4.69, 9.17) is 17.3 Å². The quantitative estimate of drug-likeness (QED) is 0.346. The molecule has 3 N–H and O–H groups in total. The molecular weight excluding hydrogens is 484 g/mol. The van der Waals surface area contributed by atoms with Gasteiger partial charge in [-0.15, -0.1) is 0 Å². The smallest absolute Gasteiger partial charge is 0.322 e. The van der Waals surface area contributed by atoms with Crippen molar-refractivity contribution in [2.75, 3.05) is 12.3 Å². The van der Waals surface area contributed by atoms with Gasteiger partial charge in [0.25, 0.3) is 0 Å². The first-order valence-corrected chi connectivity index (χ1v) is 12.9. The fourth-order valence-corrected chi connectivity index (χ4v) is 6.34. The monoisotopic (exact) mass is 508 g/mol. The van der Waals surface area contributed by atoms with Gasteiger partial charge in [-0.05, 0) is 36.6 Å². The van der Waals surface area contributed by atoms with E-state index in [0.29, 0.717) is 28.6 Å². The summed E-state index contributed by atoms with van der Waals surface area (Å²) in [6, 6.07) is 27.0. The van der Waals surface area contributed by atoms with Gasteiger partial charge in [-0.1, -0.05) is 84.4 Å². The molecule has 1 atom stereocenters. The number of halogens is 1. The summed E-state index contributed by atoms with van der Waals surface area (Å²) in [5, 5.41) is 10.8. The maximum atomic E-state index is 12.9. The summed E-state index contributed by atoms with van der Waals surface area (Å²) in [6.07, 6.45) is 0.877. The van der Waals surface area contributed by atoms with Gasteiger partial charge in [-0.3, -0.25) is 4.79 Å². The summed E-state index contributed by atoms with van der Waals surface area (Å²) >= 11 is 6.12. The van der Waals surface area contributed by atoms with E-state index in [9.17, 15) is 18.3 Å². The molecule has 0 aliphatic carbocycles. The molecule has 0 radical (unpaired) electrons. The van der Waals surface area contributed by atoms with Crippen LogP contribution in [0, 0.1) is 0 Å². The van der Waals surface area contributed by atoms with Crippen LogP contribution >= 0.6 is 11.6 Å². The van der Waals surface area contributed by atoms with Crippen LogP contribution in [0.5, 0.6) is 0 Å². The zero-order valence-electron chi connectivity index (χ0n) is 18.8. The Morgan fingerprint density at radius 3 is 2.26 bits per heavy atom. The highest BCUT2D eigenvalue weighted by atomic mass is 35.5. The largest absolute Gasteiger partial charge is 0.480 e. The van der Waals surface area contributed by atoms with Gasteiger partial charge in [0.15, 0.2) is 0 Å². The van der Waals surface area contributed by atoms with Crippen molar-refractivity contribution in [1.82, 2.24) is 4.31 Å². The number of hydrogen-bond acceptors (Lipinski definition) is 4. The number of carboxylic acid groups (broad SMARTS) is 1. The molecule has 1 aliphatic rings. The van der Waals surface area contributed by atoms with E-state index < -0.39 is 22.0 Å². The lowest BCUT2D eigenvalue weighted by Gasteiger charge is -2.22. The number of carbonyl (C=O) groups is 1. The first-order chi connectivity index (χ1) is 16.8. The number of sulfonamides is 1. The summed E-state index contributed by atoms with van der Waals surface area (Å²) in [4.78, 5) is 11.4. The number of para-hydroxylation sites is 1. The Hall–Kier alpha value is -3.39. The molecule has 6 nitrogen and oxygen atoms in total. The Bertz CT molecular complexity index is 1460. The highest BCUT2D eigenvalue weighted by molar-refractivity contribution is 7.89. The topological polar surface area (TPSA) is 101 Å². The maximum Gasteiger partial charge on any atom is 0.322 e. The molecule has 1 fully saturated rings. The summed E-state index contributed by atoms with van der Waals surface area (Å²) in [5.74, 6) is -1.11. The van der Waals surface area contributed by atoms with E-state index in [1.54, 1.807) is 30.3 Å². The minimum absolute atomic E-state index is 0.0978. The second kappa shape index (κ2) is 10.5. The molecule has 4 aromatic rings. The van der Waals surface area contributed by atoms with Crippen molar-refractivity contribution < 1.29 is 18.3 Å². The minimum atomic E-state index is -3.88. The molecule has 0 bridgehead atoms. The molecule has 35 heavy (non-hydrogen) atoms. The van der Waals surface area contributed by atoms with Crippen molar-refractivity contribution in [3.05, 3.63) is 96.0 Å². The van der Waals surface area contributed by atoms with Crippen LogP contribution in [0.3, 0.4) is 0 Å². The summed E-state index contributed by atoms with van der Waals surface area (Å²) in [5.41, 5.74) is 8.95. The molecule has 1 aliphatic heterocycles. The van der Waals surface area contributed by atoms with E-state index >= 15 is 0 Å². The van der Waals surface area contributed by atoms with Crippen LogP contribution in [-0.4, -0.2) is 36.4 Å². The number of anilines is 1. The van der Waals surface area contributed by atoms with Crippen LogP contribution in [-0.2, 0) is 14.8 Å². The third-order valence-corrected chi connectivity index (χ3v) is 8.25. The average Bonchev–Trinajstić information content (AvgIpc) is 3.37. The fourth-order valence-electron chi connectivity index (χ4n) is 4.25. The number of nitrogens with zero attached hydrogens (tertiary/aromatic N) is 1. The van der Waals surface area contributed by atoms with E-state index in [1.165, 1.54) is 11.6 Å². The first kappa shape index (κ1) is 24.7. The number of hydrogen-bond donors (Lipinski definition) is 2. The average molecular weight is 509 g/mol. The van der Waals surface area contributed by atoms with Crippen molar-refractivity contribution in [2.45, 2.75) is 23.8 Å².